The molecule has 19 heavy (non-hydrogen) atoms. The molecule has 0 aromatic heterocycles. The summed E-state index contributed by atoms with van der Waals surface area (Å²) >= 11 is 0. The third-order valence-electron chi connectivity index (χ3n) is 3.29. The van der Waals surface area contributed by atoms with Crippen molar-refractivity contribution in [2.24, 2.45) is 5.92 Å². The number of carbonyl (C=O) groups is 2. The van der Waals surface area contributed by atoms with Gasteiger partial charge in [0.1, 0.15) is 0 Å². The van der Waals surface area contributed by atoms with Crippen LogP contribution in [0.25, 0.3) is 0 Å². The van der Waals surface area contributed by atoms with Gasteiger partial charge in [-0.1, -0.05) is 26.0 Å². The molecule has 1 N–H and O–H groups in total. The maximum Gasteiger partial charge on any atom is 0.261 e. The minimum absolute atomic E-state index is 0.164. The van der Waals surface area contributed by atoms with Crippen molar-refractivity contribution >= 4 is 11.8 Å². The summed E-state index contributed by atoms with van der Waals surface area (Å²) in [6.07, 6.45) is 1.08. The van der Waals surface area contributed by atoms with Gasteiger partial charge < -0.3 is 5.32 Å². The third kappa shape index (κ3) is 2.84. The van der Waals surface area contributed by atoms with Crippen LogP contribution in [0.3, 0.4) is 0 Å². The van der Waals surface area contributed by atoms with Crippen LogP contribution in [0.5, 0.6) is 0 Å². The average Bonchev–Trinajstić information content (AvgIpc) is 2.65. The van der Waals surface area contributed by atoms with Gasteiger partial charge in [-0.05, 0) is 37.6 Å². The molecule has 4 nitrogen and oxygen atoms in total. The summed E-state index contributed by atoms with van der Waals surface area (Å²) in [5.74, 6) is -0.0698. The topological polar surface area (TPSA) is 49.4 Å². The zero-order chi connectivity index (χ0) is 13.8. The maximum atomic E-state index is 12.2. The van der Waals surface area contributed by atoms with Gasteiger partial charge in [0.25, 0.3) is 11.8 Å². The van der Waals surface area contributed by atoms with Gasteiger partial charge in [-0.2, -0.15) is 0 Å². The van der Waals surface area contributed by atoms with E-state index >= 15 is 0 Å². The fourth-order valence-electron chi connectivity index (χ4n) is 2.31. The van der Waals surface area contributed by atoms with Crippen molar-refractivity contribution in [3.63, 3.8) is 0 Å². The number of hydrogen-bond acceptors (Lipinski definition) is 3. The standard InChI is InChI=1S/C15H20N2O2/c1-3-8-16-9-11(2)10-17-14(18)12-6-4-5-7-13(12)15(17)19/h4-7,11,16H,3,8-10H2,1-2H3. The van der Waals surface area contributed by atoms with Crippen molar-refractivity contribution in [1.82, 2.24) is 10.2 Å². The summed E-state index contributed by atoms with van der Waals surface area (Å²) in [5, 5.41) is 3.31. The van der Waals surface area contributed by atoms with Crippen LogP contribution in [-0.2, 0) is 0 Å². The Hall–Kier alpha value is -1.68. The highest BCUT2D eigenvalue weighted by atomic mass is 16.2. The van der Waals surface area contributed by atoms with Gasteiger partial charge in [-0.15, -0.1) is 0 Å². The Bertz CT molecular complexity index is 450. The van der Waals surface area contributed by atoms with Crippen LogP contribution in [0.4, 0.5) is 0 Å². The number of benzene rings is 1. The van der Waals surface area contributed by atoms with Crippen molar-refractivity contribution in [1.29, 1.82) is 0 Å². The molecule has 0 fully saturated rings. The summed E-state index contributed by atoms with van der Waals surface area (Å²) in [6.45, 7) is 6.42. The predicted octanol–water partition coefficient (Wildman–Crippen LogP) is 1.92. The molecule has 1 unspecified atom stereocenters. The Morgan fingerprint density at radius 1 is 1.16 bits per heavy atom. The molecule has 0 spiro atoms. The van der Waals surface area contributed by atoms with Crippen molar-refractivity contribution in [3.05, 3.63) is 35.4 Å². The van der Waals surface area contributed by atoms with Gasteiger partial charge in [0.2, 0.25) is 0 Å². The summed E-state index contributed by atoms with van der Waals surface area (Å²) < 4.78 is 0. The van der Waals surface area contributed by atoms with Gasteiger partial charge in [-0.25, -0.2) is 0 Å². The van der Waals surface area contributed by atoms with Crippen LogP contribution in [0.1, 0.15) is 41.0 Å². The molecule has 0 aliphatic carbocycles. The predicted molar refractivity (Wildman–Crippen MR) is 74.1 cm³/mol. The highest BCUT2D eigenvalue weighted by molar-refractivity contribution is 6.21. The van der Waals surface area contributed by atoms with Crippen LogP contribution in [0.15, 0.2) is 24.3 Å². The molecule has 1 aliphatic heterocycles. The third-order valence-corrected chi connectivity index (χ3v) is 3.29. The van der Waals surface area contributed by atoms with Crippen LogP contribution < -0.4 is 5.32 Å². The first-order chi connectivity index (χ1) is 9.15. The first-order valence-corrected chi connectivity index (χ1v) is 6.81. The molecule has 2 rings (SSSR count). The highest BCUT2D eigenvalue weighted by Gasteiger charge is 2.35. The van der Waals surface area contributed by atoms with Gasteiger partial charge in [-0.3, -0.25) is 14.5 Å². The second kappa shape index (κ2) is 5.97. The molecule has 0 radical (unpaired) electrons. The number of imide groups is 1. The van der Waals surface area contributed by atoms with Crippen LogP contribution in [-0.4, -0.2) is 36.3 Å². The number of nitrogens with zero attached hydrogens (tertiary/aromatic N) is 1. The molecular formula is C15H20N2O2. The summed E-state index contributed by atoms with van der Waals surface area (Å²) in [7, 11) is 0. The summed E-state index contributed by atoms with van der Waals surface area (Å²) in [5.41, 5.74) is 1.06. The Balaban J connectivity index is 2.00. The molecule has 1 aliphatic rings. The minimum atomic E-state index is -0.164. The lowest BCUT2D eigenvalue weighted by atomic mass is 10.1. The zero-order valence-electron chi connectivity index (χ0n) is 11.5. The van der Waals surface area contributed by atoms with E-state index in [9.17, 15) is 9.59 Å². The Morgan fingerprint density at radius 2 is 1.74 bits per heavy atom. The lowest BCUT2D eigenvalue weighted by Gasteiger charge is -2.19. The molecule has 0 saturated heterocycles. The van der Waals surface area contributed by atoms with Gasteiger partial charge >= 0.3 is 0 Å². The Labute approximate surface area is 113 Å². The Morgan fingerprint density at radius 3 is 2.26 bits per heavy atom. The first-order valence-electron chi connectivity index (χ1n) is 6.81. The van der Waals surface area contributed by atoms with E-state index in [1.165, 1.54) is 4.90 Å². The molecule has 2 amide bonds. The molecular weight excluding hydrogens is 240 g/mol. The number of amides is 2. The second-order valence-electron chi connectivity index (χ2n) is 5.08. The largest absolute Gasteiger partial charge is 0.316 e. The molecule has 1 heterocycles. The van der Waals surface area contributed by atoms with Crippen molar-refractivity contribution < 1.29 is 9.59 Å². The molecule has 1 atom stereocenters. The van der Waals surface area contributed by atoms with E-state index in [0.717, 1.165) is 19.5 Å². The van der Waals surface area contributed by atoms with Crippen LogP contribution >= 0.6 is 0 Å². The molecule has 102 valence electrons. The first kappa shape index (κ1) is 13.7. The SMILES string of the molecule is CCCNCC(C)CN1C(=O)c2ccccc2C1=O. The normalized spacial score (nSPS) is 15.8. The van der Waals surface area contributed by atoms with Gasteiger partial charge in [0.05, 0.1) is 11.1 Å². The van der Waals surface area contributed by atoms with Gasteiger partial charge in [0.15, 0.2) is 0 Å². The fourth-order valence-corrected chi connectivity index (χ4v) is 2.31. The quantitative estimate of drug-likeness (QED) is 0.628. The molecule has 1 aromatic rings. The lowest BCUT2D eigenvalue weighted by molar-refractivity contribution is 0.0632. The van der Waals surface area contributed by atoms with E-state index in [1.54, 1.807) is 24.3 Å². The zero-order valence-corrected chi connectivity index (χ0v) is 11.5. The van der Waals surface area contributed by atoms with Crippen LogP contribution in [0, 0.1) is 5.92 Å². The van der Waals surface area contributed by atoms with Crippen molar-refractivity contribution in [2.45, 2.75) is 20.3 Å². The monoisotopic (exact) mass is 260 g/mol. The smallest absolute Gasteiger partial charge is 0.261 e. The van der Waals surface area contributed by atoms with E-state index in [0.29, 0.717) is 17.7 Å². The fraction of sp³-hybridized carbons (Fsp3) is 0.467. The second-order valence-corrected chi connectivity index (χ2v) is 5.08. The Kier molecular flexibility index (Phi) is 4.32. The average molecular weight is 260 g/mol. The molecule has 0 bridgehead atoms. The number of nitrogens with one attached hydrogen (secondary N) is 1. The number of carbonyl (C=O) groups excluding carboxylic acids is 2. The molecule has 1 aromatic carbocycles. The summed E-state index contributed by atoms with van der Waals surface area (Å²) in [4.78, 5) is 25.7. The highest BCUT2D eigenvalue weighted by Crippen LogP contribution is 2.23. The van der Waals surface area contributed by atoms with Gasteiger partial charge in [0, 0.05) is 6.54 Å². The van der Waals surface area contributed by atoms with E-state index in [-0.39, 0.29) is 17.7 Å². The number of rotatable bonds is 6. The van der Waals surface area contributed by atoms with E-state index in [4.69, 9.17) is 0 Å². The van der Waals surface area contributed by atoms with Crippen molar-refractivity contribution in [2.75, 3.05) is 19.6 Å². The van der Waals surface area contributed by atoms with Crippen LogP contribution in [0.2, 0.25) is 0 Å². The van der Waals surface area contributed by atoms with E-state index in [1.807, 2.05) is 6.92 Å². The molecule has 4 heteroatoms. The number of hydrogen-bond donors (Lipinski definition) is 1. The van der Waals surface area contributed by atoms with Crippen molar-refractivity contribution in [3.8, 4) is 0 Å². The number of fused-ring (bicyclic) bond motifs is 1. The lowest BCUT2D eigenvalue weighted by Crippen LogP contribution is -2.37. The minimum Gasteiger partial charge on any atom is -0.316 e. The van der Waals surface area contributed by atoms with E-state index in [2.05, 4.69) is 12.2 Å². The maximum absolute atomic E-state index is 12.2. The van der Waals surface area contributed by atoms with E-state index < -0.39 is 0 Å². The molecule has 0 saturated carbocycles. The summed E-state index contributed by atoms with van der Waals surface area (Å²) in [6, 6.07) is 7.02.